The van der Waals surface area contributed by atoms with Crippen molar-refractivity contribution >= 4 is 23.4 Å². The lowest BCUT2D eigenvalue weighted by Gasteiger charge is -2.21. The number of rotatable bonds is 5. The predicted octanol–water partition coefficient (Wildman–Crippen LogP) is 2.42. The van der Waals surface area contributed by atoms with Crippen molar-refractivity contribution in [1.82, 2.24) is 5.32 Å². The Morgan fingerprint density at radius 3 is 2.55 bits per heavy atom. The van der Waals surface area contributed by atoms with Crippen molar-refractivity contribution in [3.63, 3.8) is 0 Å². The summed E-state index contributed by atoms with van der Waals surface area (Å²) in [5.74, 6) is -1.73. The van der Waals surface area contributed by atoms with Crippen molar-refractivity contribution in [2.45, 2.75) is 33.2 Å². The van der Waals surface area contributed by atoms with E-state index in [1.165, 1.54) is 13.0 Å². The minimum Gasteiger partial charge on any atom is -0.368 e. The topological polar surface area (TPSA) is 72.2 Å². The van der Waals surface area contributed by atoms with Crippen LogP contribution in [0.3, 0.4) is 0 Å². The molecule has 4 nitrogen and oxygen atoms in total. The molecule has 0 aliphatic rings. The minimum atomic E-state index is -0.783. The van der Waals surface area contributed by atoms with Gasteiger partial charge in [0.1, 0.15) is 11.9 Å². The third-order valence-electron chi connectivity index (χ3n) is 3.30. The van der Waals surface area contributed by atoms with Gasteiger partial charge in [0.05, 0.1) is 10.6 Å². The van der Waals surface area contributed by atoms with E-state index in [9.17, 15) is 14.0 Å². The number of carbonyl (C=O) groups is 2. The molecule has 0 aliphatic heterocycles. The molecule has 20 heavy (non-hydrogen) atoms. The quantitative estimate of drug-likeness (QED) is 0.876. The van der Waals surface area contributed by atoms with E-state index in [4.69, 9.17) is 17.3 Å². The van der Waals surface area contributed by atoms with Gasteiger partial charge in [0.25, 0.3) is 5.91 Å². The molecule has 2 atom stereocenters. The molecule has 2 amide bonds. The van der Waals surface area contributed by atoms with Gasteiger partial charge in [-0.1, -0.05) is 31.9 Å². The van der Waals surface area contributed by atoms with Crippen LogP contribution in [0.2, 0.25) is 5.02 Å². The molecule has 0 saturated carbocycles. The van der Waals surface area contributed by atoms with Crippen LogP contribution in [-0.2, 0) is 4.79 Å². The SMILES string of the molecule is CC[C@H](C)[C@@H](NC(=O)c1cc(C)c(F)cc1Cl)C(N)=O. The largest absolute Gasteiger partial charge is 0.368 e. The van der Waals surface area contributed by atoms with E-state index in [0.29, 0.717) is 12.0 Å². The Kier molecular flexibility index (Phi) is 5.51. The Morgan fingerprint density at radius 2 is 2.05 bits per heavy atom. The maximum atomic E-state index is 13.3. The number of halogens is 2. The number of hydrogen-bond donors (Lipinski definition) is 2. The van der Waals surface area contributed by atoms with Gasteiger partial charge in [-0.2, -0.15) is 0 Å². The van der Waals surface area contributed by atoms with Crippen LogP contribution in [0.4, 0.5) is 4.39 Å². The van der Waals surface area contributed by atoms with Crippen molar-refractivity contribution in [1.29, 1.82) is 0 Å². The smallest absolute Gasteiger partial charge is 0.253 e. The molecule has 0 bridgehead atoms. The fraction of sp³-hybridized carbons (Fsp3) is 0.429. The zero-order chi connectivity index (χ0) is 15.4. The van der Waals surface area contributed by atoms with Crippen molar-refractivity contribution in [2.75, 3.05) is 0 Å². The molecule has 0 saturated heterocycles. The zero-order valence-corrected chi connectivity index (χ0v) is 12.4. The summed E-state index contributed by atoms with van der Waals surface area (Å²) in [5.41, 5.74) is 5.71. The number of nitrogens with two attached hydrogens (primary N) is 1. The Labute approximate surface area is 122 Å². The molecule has 1 rings (SSSR count). The first-order valence-corrected chi connectivity index (χ1v) is 6.71. The summed E-state index contributed by atoms with van der Waals surface area (Å²) in [5, 5.41) is 2.55. The van der Waals surface area contributed by atoms with E-state index < -0.39 is 23.7 Å². The lowest BCUT2D eigenvalue weighted by atomic mass is 9.98. The standard InChI is InChI=1S/C14H18ClFN2O2/c1-4-7(2)12(13(17)19)18-14(20)9-5-8(3)11(16)6-10(9)15/h5-7,12H,4H2,1-3H3,(H2,17,19)(H,18,20)/t7-,12+/m0/s1. The molecule has 0 aliphatic carbocycles. The van der Waals surface area contributed by atoms with Gasteiger partial charge < -0.3 is 11.1 Å². The van der Waals surface area contributed by atoms with E-state index in [1.54, 1.807) is 0 Å². The summed E-state index contributed by atoms with van der Waals surface area (Å²) in [7, 11) is 0. The molecular weight excluding hydrogens is 283 g/mol. The molecule has 0 spiro atoms. The highest BCUT2D eigenvalue weighted by Gasteiger charge is 2.25. The van der Waals surface area contributed by atoms with Crippen molar-refractivity contribution in [2.24, 2.45) is 11.7 Å². The fourth-order valence-corrected chi connectivity index (χ4v) is 2.02. The first kappa shape index (κ1) is 16.4. The van der Waals surface area contributed by atoms with Gasteiger partial charge in [-0.15, -0.1) is 0 Å². The number of nitrogens with one attached hydrogen (secondary N) is 1. The van der Waals surface area contributed by atoms with Crippen molar-refractivity contribution in [3.05, 3.63) is 34.1 Å². The van der Waals surface area contributed by atoms with Gasteiger partial charge in [-0.05, 0) is 30.5 Å². The summed E-state index contributed by atoms with van der Waals surface area (Å²) in [6, 6.07) is 1.64. The summed E-state index contributed by atoms with van der Waals surface area (Å²) in [6.07, 6.45) is 0.685. The molecule has 6 heteroatoms. The van der Waals surface area contributed by atoms with Crippen LogP contribution in [-0.4, -0.2) is 17.9 Å². The van der Waals surface area contributed by atoms with E-state index in [-0.39, 0.29) is 16.5 Å². The second-order valence-electron chi connectivity index (χ2n) is 4.82. The number of carbonyl (C=O) groups excluding carboxylic acids is 2. The minimum absolute atomic E-state index is 0.00188. The van der Waals surface area contributed by atoms with Gasteiger partial charge in [-0.3, -0.25) is 9.59 Å². The third kappa shape index (κ3) is 3.70. The summed E-state index contributed by atoms with van der Waals surface area (Å²) in [4.78, 5) is 23.5. The molecule has 1 aromatic rings. The first-order chi connectivity index (χ1) is 9.27. The maximum absolute atomic E-state index is 13.3. The lowest BCUT2D eigenvalue weighted by Crippen LogP contribution is -2.48. The van der Waals surface area contributed by atoms with E-state index in [1.807, 2.05) is 13.8 Å². The molecule has 3 N–H and O–H groups in total. The number of aryl methyl sites for hydroxylation is 1. The highest BCUT2D eigenvalue weighted by atomic mass is 35.5. The Morgan fingerprint density at radius 1 is 1.45 bits per heavy atom. The molecule has 1 aromatic carbocycles. The highest BCUT2D eigenvalue weighted by molar-refractivity contribution is 6.33. The zero-order valence-electron chi connectivity index (χ0n) is 11.7. The second-order valence-corrected chi connectivity index (χ2v) is 5.23. The van der Waals surface area contributed by atoms with Gasteiger partial charge in [0, 0.05) is 0 Å². The van der Waals surface area contributed by atoms with Crippen LogP contribution in [0.25, 0.3) is 0 Å². The first-order valence-electron chi connectivity index (χ1n) is 6.33. The summed E-state index contributed by atoms with van der Waals surface area (Å²) in [6.45, 7) is 5.23. The average Bonchev–Trinajstić information content (AvgIpc) is 2.38. The number of hydrogen-bond acceptors (Lipinski definition) is 2. The molecular formula is C14H18ClFN2O2. The second kappa shape index (κ2) is 6.70. The van der Waals surface area contributed by atoms with Gasteiger partial charge in [0.2, 0.25) is 5.91 Å². The third-order valence-corrected chi connectivity index (χ3v) is 3.61. The van der Waals surface area contributed by atoms with E-state index >= 15 is 0 Å². The van der Waals surface area contributed by atoms with Crippen molar-refractivity contribution in [3.8, 4) is 0 Å². The number of benzene rings is 1. The monoisotopic (exact) mass is 300 g/mol. The van der Waals surface area contributed by atoms with Crippen LogP contribution in [0, 0.1) is 18.7 Å². The Bertz CT molecular complexity index is 534. The fourth-order valence-electron chi connectivity index (χ4n) is 1.78. The normalized spacial score (nSPS) is 13.7. The van der Waals surface area contributed by atoms with Crippen LogP contribution in [0.1, 0.15) is 36.2 Å². The van der Waals surface area contributed by atoms with Crippen LogP contribution < -0.4 is 11.1 Å². The summed E-state index contributed by atoms with van der Waals surface area (Å²) >= 11 is 5.86. The molecule has 0 fully saturated rings. The van der Waals surface area contributed by atoms with Crippen LogP contribution in [0.15, 0.2) is 12.1 Å². The van der Waals surface area contributed by atoms with Crippen LogP contribution >= 0.6 is 11.6 Å². The van der Waals surface area contributed by atoms with Gasteiger partial charge in [0.15, 0.2) is 0 Å². The number of amides is 2. The molecule has 0 unspecified atom stereocenters. The number of primary amides is 1. The Hall–Kier alpha value is -1.62. The average molecular weight is 301 g/mol. The van der Waals surface area contributed by atoms with Crippen LogP contribution in [0.5, 0.6) is 0 Å². The maximum Gasteiger partial charge on any atom is 0.253 e. The van der Waals surface area contributed by atoms with Gasteiger partial charge >= 0.3 is 0 Å². The van der Waals surface area contributed by atoms with Gasteiger partial charge in [-0.25, -0.2) is 4.39 Å². The van der Waals surface area contributed by atoms with E-state index in [0.717, 1.165) is 6.07 Å². The van der Waals surface area contributed by atoms with Crippen molar-refractivity contribution < 1.29 is 14.0 Å². The molecule has 0 radical (unpaired) electrons. The highest BCUT2D eigenvalue weighted by Crippen LogP contribution is 2.21. The molecule has 0 heterocycles. The predicted molar refractivity (Wildman–Crippen MR) is 76.1 cm³/mol. The summed E-state index contributed by atoms with van der Waals surface area (Å²) < 4.78 is 13.3. The lowest BCUT2D eigenvalue weighted by molar-refractivity contribution is -0.120. The Balaban J connectivity index is 3.01. The molecule has 110 valence electrons. The van der Waals surface area contributed by atoms with E-state index in [2.05, 4.69) is 5.32 Å². The molecule has 0 aromatic heterocycles.